The highest BCUT2D eigenvalue weighted by atomic mass is 16.5. The molecule has 0 bridgehead atoms. The van der Waals surface area contributed by atoms with Gasteiger partial charge in [0.2, 0.25) is 0 Å². The highest BCUT2D eigenvalue weighted by molar-refractivity contribution is 5.90. The maximum atomic E-state index is 5.85. The number of aliphatic imine (C=N–C) groups is 1. The summed E-state index contributed by atoms with van der Waals surface area (Å²) in [7, 11) is 0. The molecule has 0 amide bonds. The van der Waals surface area contributed by atoms with Crippen molar-refractivity contribution in [3.8, 4) is 11.5 Å². The van der Waals surface area contributed by atoms with Crippen molar-refractivity contribution in [2.45, 2.75) is 0 Å². The van der Waals surface area contributed by atoms with Gasteiger partial charge < -0.3 is 10.1 Å². The van der Waals surface area contributed by atoms with Crippen LogP contribution in [-0.4, -0.2) is 6.21 Å². The lowest BCUT2D eigenvalue weighted by Gasteiger charge is -2.11. The number of nitrogens with zero attached hydrogens (tertiary/aromatic N) is 1. The molecule has 0 unspecified atom stereocenters. The van der Waals surface area contributed by atoms with E-state index >= 15 is 0 Å². The molecule has 0 radical (unpaired) electrons. The quantitative estimate of drug-likeness (QED) is 0.375. The van der Waals surface area contributed by atoms with E-state index < -0.39 is 0 Å². The average molecular weight is 364 g/mol. The van der Waals surface area contributed by atoms with Crippen LogP contribution in [0, 0.1) is 0 Å². The fraction of sp³-hybridized carbons (Fsp3) is 0. The summed E-state index contributed by atoms with van der Waals surface area (Å²) in [5.41, 5.74) is 3.94. The summed E-state index contributed by atoms with van der Waals surface area (Å²) >= 11 is 0. The van der Waals surface area contributed by atoms with Gasteiger partial charge in [-0.1, -0.05) is 54.6 Å². The maximum Gasteiger partial charge on any atom is 0.127 e. The van der Waals surface area contributed by atoms with Gasteiger partial charge >= 0.3 is 0 Å². The number of hydrogen-bond donors (Lipinski definition) is 1. The third kappa shape index (κ3) is 4.65. The molecule has 4 aromatic rings. The van der Waals surface area contributed by atoms with Crippen LogP contribution in [0.5, 0.6) is 11.5 Å². The molecule has 0 aliphatic carbocycles. The molecule has 1 N–H and O–H groups in total. The lowest BCUT2D eigenvalue weighted by Crippen LogP contribution is -1.95. The highest BCUT2D eigenvalue weighted by Crippen LogP contribution is 2.25. The number of rotatable bonds is 6. The molecule has 3 heteroatoms. The van der Waals surface area contributed by atoms with E-state index in [0.29, 0.717) is 0 Å². The first-order valence-electron chi connectivity index (χ1n) is 9.15. The number of nitrogens with one attached hydrogen (secondary N) is 1. The molecule has 0 heterocycles. The summed E-state index contributed by atoms with van der Waals surface area (Å²) in [6, 6.07) is 35.7. The molecule has 28 heavy (non-hydrogen) atoms. The minimum Gasteiger partial charge on any atom is -0.457 e. The third-order valence-corrected chi connectivity index (χ3v) is 4.18. The van der Waals surface area contributed by atoms with Crippen molar-refractivity contribution in [2.24, 2.45) is 4.99 Å². The van der Waals surface area contributed by atoms with Crippen LogP contribution in [0.15, 0.2) is 114 Å². The normalized spacial score (nSPS) is 10.7. The Morgan fingerprint density at radius 2 is 1.21 bits per heavy atom. The van der Waals surface area contributed by atoms with Gasteiger partial charge in [-0.05, 0) is 54.6 Å². The Kier molecular flexibility index (Phi) is 5.45. The van der Waals surface area contributed by atoms with Crippen LogP contribution in [0.3, 0.4) is 0 Å². The largest absolute Gasteiger partial charge is 0.457 e. The Morgan fingerprint density at radius 3 is 1.96 bits per heavy atom. The molecule has 136 valence electrons. The molecule has 4 rings (SSSR count). The maximum absolute atomic E-state index is 5.85. The van der Waals surface area contributed by atoms with Crippen molar-refractivity contribution in [1.82, 2.24) is 0 Å². The minimum absolute atomic E-state index is 0.802. The highest BCUT2D eigenvalue weighted by Gasteiger charge is 2.02. The standard InChI is InChI=1S/C25H20N2O/c1-3-10-21(11-4-1)26-19-20-9-7-8-14-25(20)27-22-15-17-24(18-16-22)28-23-12-5-2-6-13-23/h1-19,27H. The van der Waals surface area contributed by atoms with E-state index in [2.05, 4.69) is 10.3 Å². The molecular formula is C25H20N2O. The summed E-state index contributed by atoms with van der Waals surface area (Å²) in [6.07, 6.45) is 1.88. The number of ether oxygens (including phenoxy) is 1. The molecule has 0 aliphatic heterocycles. The Bertz CT molecular complexity index is 1040. The number of benzene rings is 4. The van der Waals surface area contributed by atoms with Crippen LogP contribution >= 0.6 is 0 Å². The molecular weight excluding hydrogens is 344 g/mol. The second kappa shape index (κ2) is 8.69. The van der Waals surface area contributed by atoms with E-state index in [0.717, 1.165) is 34.1 Å². The van der Waals surface area contributed by atoms with Crippen molar-refractivity contribution < 1.29 is 4.74 Å². The number of para-hydroxylation sites is 3. The van der Waals surface area contributed by atoms with Gasteiger partial charge in [-0.2, -0.15) is 0 Å². The van der Waals surface area contributed by atoms with Crippen LogP contribution in [0.4, 0.5) is 17.1 Å². The number of anilines is 2. The Morgan fingerprint density at radius 1 is 0.607 bits per heavy atom. The first kappa shape index (κ1) is 17.6. The van der Waals surface area contributed by atoms with Gasteiger partial charge in [-0.25, -0.2) is 0 Å². The molecule has 0 aliphatic rings. The zero-order valence-electron chi connectivity index (χ0n) is 15.3. The zero-order chi connectivity index (χ0) is 19.0. The van der Waals surface area contributed by atoms with Gasteiger partial charge in [0.25, 0.3) is 0 Å². The van der Waals surface area contributed by atoms with E-state index in [1.54, 1.807) is 0 Å². The molecule has 4 aromatic carbocycles. The van der Waals surface area contributed by atoms with Crippen molar-refractivity contribution in [2.75, 3.05) is 5.32 Å². The topological polar surface area (TPSA) is 33.6 Å². The summed E-state index contributed by atoms with van der Waals surface area (Å²) < 4.78 is 5.85. The third-order valence-electron chi connectivity index (χ3n) is 4.18. The van der Waals surface area contributed by atoms with Crippen LogP contribution in [0.2, 0.25) is 0 Å². The van der Waals surface area contributed by atoms with Gasteiger partial charge in [-0.3, -0.25) is 4.99 Å². The SMILES string of the molecule is C(=Nc1ccccc1)c1ccccc1Nc1ccc(Oc2ccccc2)cc1. The van der Waals surface area contributed by atoms with Crippen LogP contribution < -0.4 is 10.1 Å². The van der Waals surface area contributed by atoms with Crippen molar-refractivity contribution >= 4 is 23.3 Å². The Balaban J connectivity index is 1.48. The van der Waals surface area contributed by atoms with Gasteiger partial charge in [0, 0.05) is 23.2 Å². The molecule has 0 aromatic heterocycles. The smallest absolute Gasteiger partial charge is 0.127 e. The fourth-order valence-electron chi connectivity index (χ4n) is 2.77. The molecule has 0 spiro atoms. The van der Waals surface area contributed by atoms with Gasteiger partial charge in [0.05, 0.1) is 5.69 Å². The van der Waals surface area contributed by atoms with E-state index in [9.17, 15) is 0 Å². The first-order valence-corrected chi connectivity index (χ1v) is 9.15. The van der Waals surface area contributed by atoms with Crippen molar-refractivity contribution in [3.63, 3.8) is 0 Å². The predicted molar refractivity (Wildman–Crippen MR) is 116 cm³/mol. The second-order valence-electron chi connectivity index (χ2n) is 6.25. The summed E-state index contributed by atoms with van der Waals surface area (Å²) in [4.78, 5) is 4.55. The summed E-state index contributed by atoms with van der Waals surface area (Å²) in [6.45, 7) is 0. The molecule has 3 nitrogen and oxygen atoms in total. The van der Waals surface area contributed by atoms with E-state index in [-0.39, 0.29) is 0 Å². The molecule has 0 fully saturated rings. The van der Waals surface area contributed by atoms with Crippen molar-refractivity contribution in [1.29, 1.82) is 0 Å². The summed E-state index contributed by atoms with van der Waals surface area (Å²) in [5.74, 6) is 1.63. The van der Waals surface area contributed by atoms with Gasteiger partial charge in [0.15, 0.2) is 0 Å². The average Bonchev–Trinajstić information content (AvgIpc) is 2.76. The van der Waals surface area contributed by atoms with E-state index in [1.165, 1.54) is 0 Å². The fourth-order valence-corrected chi connectivity index (χ4v) is 2.77. The van der Waals surface area contributed by atoms with Crippen molar-refractivity contribution in [3.05, 3.63) is 115 Å². The minimum atomic E-state index is 0.802. The van der Waals surface area contributed by atoms with E-state index in [4.69, 9.17) is 4.74 Å². The van der Waals surface area contributed by atoms with Crippen LogP contribution in [-0.2, 0) is 0 Å². The first-order chi connectivity index (χ1) is 13.9. The molecule has 0 saturated carbocycles. The molecule has 0 saturated heterocycles. The zero-order valence-corrected chi connectivity index (χ0v) is 15.3. The van der Waals surface area contributed by atoms with Crippen LogP contribution in [0.25, 0.3) is 0 Å². The molecule has 0 atom stereocenters. The lowest BCUT2D eigenvalue weighted by atomic mass is 10.2. The Hall–Kier alpha value is -3.85. The monoisotopic (exact) mass is 364 g/mol. The lowest BCUT2D eigenvalue weighted by molar-refractivity contribution is 0.483. The Labute approximate surface area is 165 Å². The predicted octanol–water partition coefficient (Wildman–Crippen LogP) is 6.97. The van der Waals surface area contributed by atoms with Gasteiger partial charge in [0.1, 0.15) is 11.5 Å². The summed E-state index contributed by atoms with van der Waals surface area (Å²) in [5, 5.41) is 3.45. The van der Waals surface area contributed by atoms with E-state index in [1.807, 2.05) is 115 Å². The van der Waals surface area contributed by atoms with Crippen LogP contribution in [0.1, 0.15) is 5.56 Å². The van der Waals surface area contributed by atoms with Gasteiger partial charge in [-0.15, -0.1) is 0 Å². The number of hydrogen-bond acceptors (Lipinski definition) is 3. The second-order valence-corrected chi connectivity index (χ2v) is 6.25.